The molecule has 116 valence electrons. The Hall–Kier alpha value is -1.06. The fourth-order valence-corrected chi connectivity index (χ4v) is 3.49. The highest BCUT2D eigenvalue weighted by molar-refractivity contribution is 5.85. The molecule has 1 aliphatic heterocycles. The molecule has 0 aromatic heterocycles. The molecule has 1 heterocycles. The van der Waals surface area contributed by atoms with Crippen LogP contribution >= 0.6 is 12.4 Å². The normalized spacial score (nSPS) is 22.5. The standard InChI is InChI=1S/C17H24N2O.ClH/c1-13-3-5-14(6-4-13)12-19(2)16(20)15-11-17(15)7-9-18-10-8-17;/h3-6,15,18H,7-12H2,1-2H3;1H. The Morgan fingerprint density at radius 2 is 1.90 bits per heavy atom. The highest BCUT2D eigenvalue weighted by Crippen LogP contribution is 2.59. The first-order valence-corrected chi connectivity index (χ1v) is 7.62. The molecular weight excluding hydrogens is 284 g/mol. The number of amides is 1. The molecule has 1 unspecified atom stereocenters. The smallest absolute Gasteiger partial charge is 0.226 e. The van der Waals surface area contributed by atoms with Gasteiger partial charge in [-0.25, -0.2) is 0 Å². The summed E-state index contributed by atoms with van der Waals surface area (Å²) < 4.78 is 0. The van der Waals surface area contributed by atoms with Crippen LogP contribution in [0.3, 0.4) is 0 Å². The summed E-state index contributed by atoms with van der Waals surface area (Å²) in [6.07, 6.45) is 3.44. The number of rotatable bonds is 3. The minimum atomic E-state index is 0. The lowest BCUT2D eigenvalue weighted by molar-refractivity contribution is -0.132. The van der Waals surface area contributed by atoms with Gasteiger partial charge < -0.3 is 10.2 Å². The second-order valence-corrected chi connectivity index (χ2v) is 6.55. The topological polar surface area (TPSA) is 32.3 Å². The van der Waals surface area contributed by atoms with Crippen LogP contribution in [0.5, 0.6) is 0 Å². The second kappa shape index (κ2) is 6.37. The molecule has 1 aliphatic carbocycles. The summed E-state index contributed by atoms with van der Waals surface area (Å²) in [6, 6.07) is 8.46. The molecule has 1 saturated carbocycles. The molecular formula is C17H25ClN2O. The quantitative estimate of drug-likeness (QED) is 0.931. The monoisotopic (exact) mass is 308 g/mol. The number of hydrogen-bond donors (Lipinski definition) is 1. The van der Waals surface area contributed by atoms with Gasteiger partial charge in [0, 0.05) is 19.5 Å². The van der Waals surface area contributed by atoms with Gasteiger partial charge in [0.2, 0.25) is 5.91 Å². The van der Waals surface area contributed by atoms with Crippen LogP contribution in [0.2, 0.25) is 0 Å². The lowest BCUT2D eigenvalue weighted by Crippen LogP contribution is -2.34. The zero-order valence-corrected chi connectivity index (χ0v) is 13.7. The number of aryl methyl sites for hydroxylation is 1. The third-order valence-electron chi connectivity index (χ3n) is 5.00. The van der Waals surface area contributed by atoms with Gasteiger partial charge in [0.05, 0.1) is 0 Å². The Labute approximate surface area is 133 Å². The molecule has 2 fully saturated rings. The predicted molar refractivity (Wildman–Crippen MR) is 87.5 cm³/mol. The van der Waals surface area contributed by atoms with Crippen LogP contribution in [0, 0.1) is 18.3 Å². The van der Waals surface area contributed by atoms with Crippen molar-refractivity contribution in [3.8, 4) is 0 Å². The van der Waals surface area contributed by atoms with E-state index in [1.807, 2.05) is 11.9 Å². The summed E-state index contributed by atoms with van der Waals surface area (Å²) >= 11 is 0. The van der Waals surface area contributed by atoms with Crippen molar-refractivity contribution in [2.24, 2.45) is 11.3 Å². The van der Waals surface area contributed by atoms with Crippen molar-refractivity contribution in [1.29, 1.82) is 0 Å². The highest BCUT2D eigenvalue weighted by atomic mass is 35.5. The summed E-state index contributed by atoms with van der Waals surface area (Å²) in [4.78, 5) is 14.5. The summed E-state index contributed by atoms with van der Waals surface area (Å²) in [7, 11) is 1.94. The molecule has 1 amide bonds. The number of benzene rings is 1. The van der Waals surface area contributed by atoms with Gasteiger partial charge in [-0.2, -0.15) is 0 Å². The molecule has 1 saturated heterocycles. The molecule has 1 aromatic carbocycles. The van der Waals surface area contributed by atoms with Crippen molar-refractivity contribution in [2.75, 3.05) is 20.1 Å². The van der Waals surface area contributed by atoms with Crippen molar-refractivity contribution < 1.29 is 4.79 Å². The average molecular weight is 309 g/mol. The van der Waals surface area contributed by atoms with E-state index >= 15 is 0 Å². The van der Waals surface area contributed by atoms with E-state index in [9.17, 15) is 4.79 Å². The summed E-state index contributed by atoms with van der Waals surface area (Å²) in [5.74, 6) is 0.618. The van der Waals surface area contributed by atoms with Crippen LogP contribution in [0.25, 0.3) is 0 Å². The number of carbonyl (C=O) groups is 1. The largest absolute Gasteiger partial charge is 0.341 e. The minimum Gasteiger partial charge on any atom is -0.341 e. The number of piperidine rings is 1. The van der Waals surface area contributed by atoms with E-state index in [0.717, 1.165) is 26.1 Å². The third-order valence-corrected chi connectivity index (χ3v) is 5.00. The molecule has 1 N–H and O–H groups in total. The summed E-state index contributed by atoms with van der Waals surface area (Å²) in [5, 5.41) is 3.39. The van der Waals surface area contributed by atoms with Gasteiger partial charge in [0.25, 0.3) is 0 Å². The Morgan fingerprint density at radius 1 is 1.29 bits per heavy atom. The molecule has 1 atom stereocenters. The maximum absolute atomic E-state index is 12.6. The summed E-state index contributed by atoms with van der Waals surface area (Å²) in [6.45, 7) is 4.96. The number of nitrogens with one attached hydrogen (secondary N) is 1. The van der Waals surface area contributed by atoms with Gasteiger partial charge in [-0.1, -0.05) is 29.8 Å². The zero-order valence-electron chi connectivity index (χ0n) is 12.9. The van der Waals surface area contributed by atoms with E-state index < -0.39 is 0 Å². The molecule has 4 heteroatoms. The van der Waals surface area contributed by atoms with Gasteiger partial charge >= 0.3 is 0 Å². The van der Waals surface area contributed by atoms with Crippen LogP contribution in [0.1, 0.15) is 30.4 Å². The maximum Gasteiger partial charge on any atom is 0.226 e. The van der Waals surface area contributed by atoms with Crippen molar-refractivity contribution in [3.05, 3.63) is 35.4 Å². The number of carbonyl (C=O) groups excluding carboxylic acids is 1. The fourth-order valence-electron chi connectivity index (χ4n) is 3.49. The first-order chi connectivity index (χ1) is 9.61. The maximum atomic E-state index is 12.6. The van der Waals surface area contributed by atoms with E-state index in [4.69, 9.17) is 0 Å². The summed E-state index contributed by atoms with van der Waals surface area (Å²) in [5.41, 5.74) is 2.81. The lowest BCUT2D eigenvalue weighted by atomic mass is 9.91. The molecule has 3 rings (SSSR count). The van der Waals surface area contributed by atoms with Gasteiger partial charge in [-0.15, -0.1) is 12.4 Å². The number of hydrogen-bond acceptors (Lipinski definition) is 2. The Kier molecular flexibility index (Phi) is 4.95. The third kappa shape index (κ3) is 3.41. The zero-order chi connectivity index (χ0) is 14.2. The first kappa shape index (κ1) is 16.3. The SMILES string of the molecule is Cc1ccc(CN(C)C(=O)C2CC23CCNCC3)cc1.Cl. The van der Waals surface area contributed by atoms with E-state index in [2.05, 4.69) is 36.5 Å². The van der Waals surface area contributed by atoms with Crippen LogP contribution in [-0.4, -0.2) is 30.9 Å². The van der Waals surface area contributed by atoms with Crippen molar-refractivity contribution in [1.82, 2.24) is 10.2 Å². The van der Waals surface area contributed by atoms with Gasteiger partial charge in [0.15, 0.2) is 0 Å². The number of halogens is 1. The first-order valence-electron chi connectivity index (χ1n) is 7.62. The predicted octanol–water partition coefficient (Wildman–Crippen LogP) is 2.76. The van der Waals surface area contributed by atoms with Crippen LogP contribution in [0.15, 0.2) is 24.3 Å². The van der Waals surface area contributed by atoms with E-state index in [-0.39, 0.29) is 18.3 Å². The molecule has 3 nitrogen and oxygen atoms in total. The molecule has 0 bridgehead atoms. The van der Waals surface area contributed by atoms with Crippen molar-refractivity contribution in [2.45, 2.75) is 32.7 Å². The van der Waals surface area contributed by atoms with Crippen LogP contribution in [-0.2, 0) is 11.3 Å². The van der Waals surface area contributed by atoms with Crippen molar-refractivity contribution >= 4 is 18.3 Å². The van der Waals surface area contributed by atoms with Gasteiger partial charge in [-0.3, -0.25) is 4.79 Å². The fraction of sp³-hybridized carbons (Fsp3) is 0.588. The van der Waals surface area contributed by atoms with Crippen LogP contribution in [0.4, 0.5) is 0 Å². The molecule has 0 radical (unpaired) electrons. The molecule has 1 spiro atoms. The average Bonchev–Trinajstić information content (AvgIpc) is 3.14. The number of nitrogens with zero attached hydrogens (tertiary/aromatic N) is 1. The Balaban J connectivity index is 0.00000161. The van der Waals surface area contributed by atoms with Gasteiger partial charge in [-0.05, 0) is 50.3 Å². The Bertz CT molecular complexity index is 494. The van der Waals surface area contributed by atoms with E-state index in [1.54, 1.807) is 0 Å². The molecule has 21 heavy (non-hydrogen) atoms. The van der Waals surface area contributed by atoms with Crippen molar-refractivity contribution in [3.63, 3.8) is 0 Å². The van der Waals surface area contributed by atoms with Crippen LogP contribution < -0.4 is 5.32 Å². The lowest BCUT2D eigenvalue weighted by Gasteiger charge is -2.25. The molecule has 2 aliphatic rings. The second-order valence-electron chi connectivity index (χ2n) is 6.55. The minimum absolute atomic E-state index is 0. The van der Waals surface area contributed by atoms with Gasteiger partial charge in [0.1, 0.15) is 0 Å². The molecule has 1 aromatic rings. The highest BCUT2D eigenvalue weighted by Gasteiger charge is 2.58. The Morgan fingerprint density at radius 3 is 2.52 bits per heavy atom. The van der Waals surface area contributed by atoms with E-state index in [1.165, 1.54) is 24.0 Å². The van der Waals surface area contributed by atoms with E-state index in [0.29, 0.717) is 11.3 Å².